The van der Waals surface area contributed by atoms with E-state index in [4.69, 9.17) is 0 Å². The molecule has 0 unspecified atom stereocenters. The minimum Gasteiger partial charge on any atom is -0.478 e. The van der Waals surface area contributed by atoms with E-state index in [0.29, 0.717) is 11.1 Å². The summed E-state index contributed by atoms with van der Waals surface area (Å²) in [5, 5.41) is 9.18. The number of carboxylic acid groups (broad SMARTS) is 1. The maximum atomic E-state index is 12.1. The topological polar surface area (TPSA) is 54.4 Å². The standard InChI is InChI=1S/C16H12O3/c17-15(13-9-5-2-6-10-13)14(16(18)19)11-12-7-3-1-4-8-12/h1-11H,(H,18,19)/b14-11-. The van der Waals surface area contributed by atoms with Gasteiger partial charge in [-0.25, -0.2) is 4.79 Å². The van der Waals surface area contributed by atoms with Crippen molar-refractivity contribution in [2.45, 2.75) is 0 Å². The quantitative estimate of drug-likeness (QED) is 0.394. The van der Waals surface area contributed by atoms with Crippen molar-refractivity contribution in [3.8, 4) is 0 Å². The first-order chi connectivity index (χ1) is 9.18. The van der Waals surface area contributed by atoms with E-state index in [1.54, 1.807) is 54.6 Å². The van der Waals surface area contributed by atoms with Gasteiger partial charge in [0.15, 0.2) is 5.78 Å². The predicted octanol–water partition coefficient (Wildman–Crippen LogP) is 3.04. The fraction of sp³-hybridized carbons (Fsp3) is 0. The first-order valence-corrected chi connectivity index (χ1v) is 5.78. The van der Waals surface area contributed by atoms with Gasteiger partial charge in [-0.15, -0.1) is 0 Å². The van der Waals surface area contributed by atoms with Crippen LogP contribution >= 0.6 is 0 Å². The third kappa shape index (κ3) is 3.16. The second kappa shape index (κ2) is 5.78. The summed E-state index contributed by atoms with van der Waals surface area (Å²) in [5.74, 6) is -1.71. The highest BCUT2D eigenvalue weighted by atomic mass is 16.4. The first-order valence-electron chi connectivity index (χ1n) is 5.78. The third-order valence-electron chi connectivity index (χ3n) is 2.62. The largest absolute Gasteiger partial charge is 0.478 e. The highest BCUT2D eigenvalue weighted by Gasteiger charge is 2.18. The van der Waals surface area contributed by atoms with Crippen molar-refractivity contribution in [2.75, 3.05) is 0 Å². The van der Waals surface area contributed by atoms with Crippen molar-refractivity contribution in [1.29, 1.82) is 0 Å². The van der Waals surface area contributed by atoms with Gasteiger partial charge in [-0.3, -0.25) is 4.79 Å². The van der Waals surface area contributed by atoms with Gasteiger partial charge < -0.3 is 5.11 Å². The summed E-state index contributed by atoms with van der Waals surface area (Å²) in [5.41, 5.74) is 0.814. The van der Waals surface area contributed by atoms with Crippen LogP contribution in [0.5, 0.6) is 0 Å². The Balaban J connectivity index is 2.40. The Morgan fingerprint density at radius 1 is 0.842 bits per heavy atom. The summed E-state index contributed by atoms with van der Waals surface area (Å²) in [6, 6.07) is 17.3. The number of aliphatic carboxylic acids is 1. The molecule has 0 spiro atoms. The summed E-state index contributed by atoms with van der Waals surface area (Å²) in [6.07, 6.45) is 1.39. The lowest BCUT2D eigenvalue weighted by Gasteiger charge is -2.02. The number of carboxylic acids is 1. The van der Waals surface area contributed by atoms with Crippen LogP contribution in [0.2, 0.25) is 0 Å². The van der Waals surface area contributed by atoms with Crippen molar-refractivity contribution in [1.82, 2.24) is 0 Å². The van der Waals surface area contributed by atoms with Gasteiger partial charge in [-0.1, -0.05) is 60.7 Å². The highest BCUT2D eigenvalue weighted by Crippen LogP contribution is 2.13. The minimum atomic E-state index is -1.22. The minimum absolute atomic E-state index is 0.239. The second-order valence-corrected chi connectivity index (χ2v) is 3.97. The molecule has 19 heavy (non-hydrogen) atoms. The summed E-state index contributed by atoms with van der Waals surface area (Å²) >= 11 is 0. The molecule has 0 aliphatic heterocycles. The van der Waals surface area contributed by atoms with Gasteiger partial charge in [0.1, 0.15) is 5.57 Å². The number of rotatable bonds is 4. The van der Waals surface area contributed by atoms with Crippen LogP contribution in [0.4, 0.5) is 0 Å². The Morgan fingerprint density at radius 2 is 1.37 bits per heavy atom. The Labute approximate surface area is 110 Å². The van der Waals surface area contributed by atoms with E-state index in [9.17, 15) is 14.7 Å². The zero-order chi connectivity index (χ0) is 13.7. The van der Waals surface area contributed by atoms with Gasteiger partial charge in [-0.2, -0.15) is 0 Å². The van der Waals surface area contributed by atoms with E-state index in [0.717, 1.165) is 0 Å². The van der Waals surface area contributed by atoms with Crippen LogP contribution < -0.4 is 0 Å². The summed E-state index contributed by atoms with van der Waals surface area (Å²) in [6.45, 7) is 0. The molecule has 3 nitrogen and oxygen atoms in total. The lowest BCUT2D eigenvalue weighted by atomic mass is 10.0. The van der Waals surface area contributed by atoms with Crippen LogP contribution in [-0.4, -0.2) is 16.9 Å². The van der Waals surface area contributed by atoms with Crippen molar-refractivity contribution >= 4 is 17.8 Å². The molecule has 2 rings (SSSR count). The molecule has 0 bridgehead atoms. The Morgan fingerprint density at radius 3 is 1.89 bits per heavy atom. The van der Waals surface area contributed by atoms with Gasteiger partial charge in [0.2, 0.25) is 0 Å². The number of ketones is 1. The molecule has 0 aliphatic carbocycles. The molecule has 1 N–H and O–H groups in total. The van der Waals surface area contributed by atoms with Crippen LogP contribution in [0.15, 0.2) is 66.2 Å². The second-order valence-electron chi connectivity index (χ2n) is 3.97. The fourth-order valence-corrected chi connectivity index (χ4v) is 1.69. The van der Waals surface area contributed by atoms with Gasteiger partial charge in [0.25, 0.3) is 0 Å². The van der Waals surface area contributed by atoms with Gasteiger partial charge in [-0.05, 0) is 11.6 Å². The number of Topliss-reactive ketones (excluding diaryl/α,β-unsaturated/α-hetero) is 1. The van der Waals surface area contributed by atoms with E-state index in [1.807, 2.05) is 6.07 Å². The molecule has 94 valence electrons. The maximum Gasteiger partial charge on any atom is 0.339 e. The average molecular weight is 252 g/mol. The molecule has 2 aromatic rings. The number of carbonyl (C=O) groups excluding carboxylic acids is 1. The number of hydrogen-bond acceptors (Lipinski definition) is 2. The van der Waals surface area contributed by atoms with Crippen LogP contribution in [0.25, 0.3) is 6.08 Å². The zero-order valence-electron chi connectivity index (χ0n) is 10.1. The van der Waals surface area contributed by atoms with E-state index in [1.165, 1.54) is 6.08 Å². The van der Waals surface area contributed by atoms with Crippen LogP contribution in [0.3, 0.4) is 0 Å². The number of carbonyl (C=O) groups is 2. The SMILES string of the molecule is O=C(O)/C(=C\c1ccccc1)C(=O)c1ccccc1. The molecule has 0 amide bonds. The van der Waals surface area contributed by atoms with E-state index in [-0.39, 0.29) is 5.57 Å². The van der Waals surface area contributed by atoms with Gasteiger partial charge in [0.05, 0.1) is 0 Å². The van der Waals surface area contributed by atoms with E-state index < -0.39 is 11.8 Å². The Kier molecular flexibility index (Phi) is 3.88. The molecule has 0 fully saturated rings. The lowest BCUT2D eigenvalue weighted by molar-refractivity contribution is -0.132. The molecule has 0 saturated carbocycles. The van der Waals surface area contributed by atoms with Crippen molar-refractivity contribution in [3.63, 3.8) is 0 Å². The molecule has 0 atom stereocenters. The first kappa shape index (κ1) is 12.8. The van der Waals surface area contributed by atoms with Crippen molar-refractivity contribution < 1.29 is 14.7 Å². The Hall–Kier alpha value is -2.68. The summed E-state index contributed by atoms with van der Waals surface area (Å²) in [7, 11) is 0. The Bertz CT molecular complexity index is 613. The third-order valence-corrected chi connectivity index (χ3v) is 2.62. The molecular weight excluding hydrogens is 240 g/mol. The molecule has 0 aromatic heterocycles. The molecule has 3 heteroatoms. The molecule has 0 heterocycles. The van der Waals surface area contributed by atoms with Crippen LogP contribution in [0.1, 0.15) is 15.9 Å². The molecular formula is C16H12O3. The molecule has 2 aromatic carbocycles. The average Bonchev–Trinajstić information content (AvgIpc) is 2.46. The van der Waals surface area contributed by atoms with Crippen molar-refractivity contribution in [3.05, 3.63) is 77.4 Å². The number of benzene rings is 2. The summed E-state index contributed by atoms with van der Waals surface area (Å²) in [4.78, 5) is 23.4. The fourth-order valence-electron chi connectivity index (χ4n) is 1.69. The van der Waals surface area contributed by atoms with Crippen LogP contribution in [0, 0.1) is 0 Å². The predicted molar refractivity (Wildman–Crippen MR) is 72.8 cm³/mol. The van der Waals surface area contributed by atoms with Crippen LogP contribution in [-0.2, 0) is 4.79 Å². The molecule has 0 aliphatic rings. The molecule has 0 saturated heterocycles. The normalized spacial score (nSPS) is 11.1. The van der Waals surface area contributed by atoms with E-state index >= 15 is 0 Å². The van der Waals surface area contributed by atoms with Gasteiger partial charge in [0, 0.05) is 5.56 Å². The van der Waals surface area contributed by atoms with Gasteiger partial charge >= 0.3 is 5.97 Å². The molecule has 0 radical (unpaired) electrons. The lowest BCUT2D eigenvalue weighted by Crippen LogP contribution is -2.12. The number of hydrogen-bond donors (Lipinski definition) is 1. The summed E-state index contributed by atoms with van der Waals surface area (Å²) < 4.78 is 0. The highest BCUT2D eigenvalue weighted by molar-refractivity contribution is 6.26. The zero-order valence-corrected chi connectivity index (χ0v) is 10.1. The smallest absolute Gasteiger partial charge is 0.339 e. The van der Waals surface area contributed by atoms with Crippen molar-refractivity contribution in [2.24, 2.45) is 0 Å². The maximum absolute atomic E-state index is 12.1. The van der Waals surface area contributed by atoms with E-state index in [2.05, 4.69) is 0 Å². The monoisotopic (exact) mass is 252 g/mol.